The van der Waals surface area contributed by atoms with Crippen molar-refractivity contribution in [3.63, 3.8) is 0 Å². The second-order valence-electron chi connectivity index (χ2n) is 5.47. The molecule has 0 spiro atoms. The van der Waals surface area contributed by atoms with E-state index in [1.807, 2.05) is 20.3 Å². The van der Waals surface area contributed by atoms with Crippen molar-refractivity contribution in [1.82, 2.24) is 25.1 Å². The topological polar surface area (TPSA) is 55.6 Å². The third-order valence-electron chi connectivity index (χ3n) is 3.49. The average Bonchev–Trinajstić information content (AvgIpc) is 2.80. The standard InChI is InChI=1S/C15H23N5/c1-10(7-16-4)6-14-11(2)18-15(19-12(14)3)13-8-17-20(5)9-13/h8-10,16H,6-7H2,1-5H3. The molecule has 1 unspecified atom stereocenters. The number of nitrogens with one attached hydrogen (secondary N) is 1. The van der Waals surface area contributed by atoms with E-state index in [1.54, 1.807) is 10.9 Å². The van der Waals surface area contributed by atoms with Gasteiger partial charge < -0.3 is 5.32 Å². The van der Waals surface area contributed by atoms with E-state index < -0.39 is 0 Å². The highest BCUT2D eigenvalue weighted by atomic mass is 15.2. The highest BCUT2D eigenvalue weighted by Crippen LogP contribution is 2.20. The highest BCUT2D eigenvalue weighted by molar-refractivity contribution is 5.53. The molecule has 5 nitrogen and oxygen atoms in total. The summed E-state index contributed by atoms with van der Waals surface area (Å²) < 4.78 is 1.77. The maximum atomic E-state index is 4.65. The fraction of sp³-hybridized carbons (Fsp3) is 0.533. The van der Waals surface area contributed by atoms with Gasteiger partial charge in [0.25, 0.3) is 0 Å². The third-order valence-corrected chi connectivity index (χ3v) is 3.49. The molecular formula is C15H23N5. The Balaban J connectivity index is 2.29. The van der Waals surface area contributed by atoms with Gasteiger partial charge in [0.05, 0.1) is 11.8 Å². The Morgan fingerprint density at radius 2 is 1.90 bits per heavy atom. The van der Waals surface area contributed by atoms with Crippen LogP contribution in [0.2, 0.25) is 0 Å². The van der Waals surface area contributed by atoms with Crippen LogP contribution < -0.4 is 5.32 Å². The van der Waals surface area contributed by atoms with Crippen molar-refractivity contribution in [2.75, 3.05) is 13.6 Å². The Bertz CT molecular complexity index is 565. The molecule has 2 heterocycles. The first-order chi connectivity index (χ1) is 9.51. The van der Waals surface area contributed by atoms with E-state index in [2.05, 4.69) is 41.2 Å². The fourth-order valence-corrected chi connectivity index (χ4v) is 2.47. The van der Waals surface area contributed by atoms with Gasteiger partial charge in [0, 0.05) is 24.6 Å². The SMILES string of the molecule is CNCC(C)Cc1c(C)nc(-c2cnn(C)c2)nc1C. The predicted molar refractivity (Wildman–Crippen MR) is 80.5 cm³/mol. The molecule has 0 aliphatic rings. The molecule has 108 valence electrons. The van der Waals surface area contributed by atoms with Crippen molar-refractivity contribution >= 4 is 0 Å². The van der Waals surface area contributed by atoms with Gasteiger partial charge in [-0.3, -0.25) is 4.68 Å². The molecule has 0 saturated carbocycles. The number of aryl methyl sites for hydroxylation is 3. The van der Waals surface area contributed by atoms with Crippen LogP contribution in [-0.2, 0) is 13.5 Å². The van der Waals surface area contributed by atoms with E-state index in [0.29, 0.717) is 5.92 Å². The molecule has 0 radical (unpaired) electrons. The molecule has 0 saturated heterocycles. The van der Waals surface area contributed by atoms with Crippen LogP contribution in [-0.4, -0.2) is 33.3 Å². The molecule has 20 heavy (non-hydrogen) atoms. The van der Waals surface area contributed by atoms with Gasteiger partial charge in [-0.25, -0.2) is 9.97 Å². The maximum absolute atomic E-state index is 4.65. The summed E-state index contributed by atoms with van der Waals surface area (Å²) in [6.07, 6.45) is 4.75. The first-order valence-electron chi connectivity index (χ1n) is 6.99. The fourth-order valence-electron chi connectivity index (χ4n) is 2.47. The van der Waals surface area contributed by atoms with Crippen molar-refractivity contribution in [2.24, 2.45) is 13.0 Å². The van der Waals surface area contributed by atoms with Crippen LogP contribution >= 0.6 is 0 Å². The number of rotatable bonds is 5. The van der Waals surface area contributed by atoms with E-state index in [9.17, 15) is 0 Å². The van der Waals surface area contributed by atoms with E-state index in [1.165, 1.54) is 5.56 Å². The zero-order valence-corrected chi connectivity index (χ0v) is 12.9. The lowest BCUT2D eigenvalue weighted by atomic mass is 9.98. The minimum Gasteiger partial charge on any atom is -0.319 e. The molecule has 1 atom stereocenters. The molecule has 2 aromatic rings. The quantitative estimate of drug-likeness (QED) is 0.904. The third kappa shape index (κ3) is 3.22. The van der Waals surface area contributed by atoms with Crippen molar-refractivity contribution in [1.29, 1.82) is 0 Å². The lowest BCUT2D eigenvalue weighted by Crippen LogP contribution is -2.19. The summed E-state index contributed by atoms with van der Waals surface area (Å²) in [5, 5.41) is 7.39. The van der Waals surface area contributed by atoms with Crippen LogP contribution in [0.1, 0.15) is 23.9 Å². The molecule has 0 amide bonds. The largest absolute Gasteiger partial charge is 0.319 e. The highest BCUT2D eigenvalue weighted by Gasteiger charge is 2.13. The first kappa shape index (κ1) is 14.7. The lowest BCUT2D eigenvalue weighted by Gasteiger charge is -2.15. The minimum absolute atomic E-state index is 0.574. The van der Waals surface area contributed by atoms with Gasteiger partial charge in [-0.2, -0.15) is 5.10 Å². The lowest BCUT2D eigenvalue weighted by molar-refractivity contribution is 0.537. The summed E-state index contributed by atoms with van der Waals surface area (Å²) in [5.41, 5.74) is 4.37. The summed E-state index contributed by atoms with van der Waals surface area (Å²) in [6.45, 7) is 7.37. The van der Waals surface area contributed by atoms with Gasteiger partial charge in [0.2, 0.25) is 0 Å². The molecule has 0 bridgehead atoms. The number of hydrogen-bond donors (Lipinski definition) is 1. The van der Waals surface area contributed by atoms with E-state index in [4.69, 9.17) is 0 Å². The monoisotopic (exact) mass is 273 g/mol. The van der Waals surface area contributed by atoms with Crippen LogP contribution in [0.4, 0.5) is 0 Å². The molecule has 0 fully saturated rings. The summed E-state index contributed by atoms with van der Waals surface area (Å²) in [4.78, 5) is 9.29. The van der Waals surface area contributed by atoms with Gasteiger partial charge in [-0.1, -0.05) is 6.92 Å². The Hall–Kier alpha value is -1.75. The van der Waals surface area contributed by atoms with Crippen LogP contribution in [0, 0.1) is 19.8 Å². The van der Waals surface area contributed by atoms with Gasteiger partial charge in [0.1, 0.15) is 0 Å². The number of hydrogen-bond acceptors (Lipinski definition) is 4. The van der Waals surface area contributed by atoms with E-state index in [-0.39, 0.29) is 0 Å². The molecule has 0 aliphatic heterocycles. The van der Waals surface area contributed by atoms with Crippen molar-refractivity contribution < 1.29 is 0 Å². The summed E-state index contributed by atoms with van der Waals surface area (Å²) in [7, 11) is 3.88. The van der Waals surface area contributed by atoms with Gasteiger partial charge in [-0.15, -0.1) is 0 Å². The van der Waals surface area contributed by atoms with Crippen molar-refractivity contribution in [3.8, 4) is 11.4 Å². The van der Waals surface area contributed by atoms with Crippen LogP contribution in [0.25, 0.3) is 11.4 Å². The molecular weight excluding hydrogens is 250 g/mol. The van der Waals surface area contributed by atoms with Crippen LogP contribution in [0.15, 0.2) is 12.4 Å². The molecule has 0 aliphatic carbocycles. The Morgan fingerprint density at radius 3 is 2.40 bits per heavy atom. The van der Waals surface area contributed by atoms with Crippen molar-refractivity contribution in [2.45, 2.75) is 27.2 Å². The first-order valence-corrected chi connectivity index (χ1v) is 6.99. The zero-order valence-electron chi connectivity index (χ0n) is 12.9. The number of aromatic nitrogens is 4. The summed E-state index contributed by atoms with van der Waals surface area (Å²) >= 11 is 0. The van der Waals surface area contributed by atoms with Gasteiger partial charge in [-0.05, 0) is 45.3 Å². The van der Waals surface area contributed by atoms with Crippen molar-refractivity contribution in [3.05, 3.63) is 29.3 Å². The zero-order chi connectivity index (χ0) is 14.7. The number of nitrogens with zero attached hydrogens (tertiary/aromatic N) is 4. The molecule has 1 N–H and O–H groups in total. The maximum Gasteiger partial charge on any atom is 0.162 e. The normalized spacial score (nSPS) is 12.7. The summed E-state index contributed by atoms with van der Waals surface area (Å²) in [6, 6.07) is 0. The van der Waals surface area contributed by atoms with Gasteiger partial charge >= 0.3 is 0 Å². The Kier molecular flexibility index (Phi) is 4.49. The second kappa shape index (κ2) is 6.13. The Morgan fingerprint density at radius 1 is 1.25 bits per heavy atom. The van der Waals surface area contributed by atoms with Crippen LogP contribution in [0.3, 0.4) is 0 Å². The predicted octanol–water partition coefficient (Wildman–Crippen LogP) is 1.89. The molecule has 0 aromatic carbocycles. The minimum atomic E-state index is 0.574. The summed E-state index contributed by atoms with van der Waals surface area (Å²) in [5.74, 6) is 1.34. The average molecular weight is 273 g/mol. The molecule has 2 rings (SSSR count). The van der Waals surface area contributed by atoms with E-state index in [0.717, 1.165) is 35.7 Å². The Labute approximate surface area is 120 Å². The van der Waals surface area contributed by atoms with Crippen LogP contribution in [0.5, 0.6) is 0 Å². The molecule has 5 heteroatoms. The van der Waals surface area contributed by atoms with Gasteiger partial charge in [0.15, 0.2) is 5.82 Å². The molecule has 2 aromatic heterocycles. The smallest absolute Gasteiger partial charge is 0.162 e. The second-order valence-corrected chi connectivity index (χ2v) is 5.47. The van der Waals surface area contributed by atoms with E-state index >= 15 is 0 Å².